The number of nitrogens with zero attached hydrogens (tertiary/aromatic N) is 1. The van der Waals surface area contributed by atoms with Crippen molar-refractivity contribution in [3.63, 3.8) is 0 Å². The Kier molecular flexibility index (Phi) is 1.77. The maximum absolute atomic E-state index is 10.9. The van der Waals surface area contributed by atoms with E-state index in [1.54, 1.807) is 0 Å². The van der Waals surface area contributed by atoms with Gasteiger partial charge in [-0.25, -0.2) is 4.79 Å². The lowest BCUT2D eigenvalue weighted by Crippen LogP contribution is -1.98. The minimum Gasteiger partial charge on any atom is -0.476 e. The van der Waals surface area contributed by atoms with Crippen LogP contribution in [-0.4, -0.2) is 21.3 Å². The third-order valence-corrected chi connectivity index (χ3v) is 2.46. The number of hydrogen-bond acceptors (Lipinski definition) is 2. The van der Waals surface area contributed by atoms with Gasteiger partial charge in [-0.15, -0.1) is 0 Å². The molecule has 0 aliphatic rings. The molecule has 2 aromatic rings. The highest BCUT2D eigenvalue weighted by Gasteiger charge is 2.14. The zero-order valence-electron chi connectivity index (χ0n) is 7.96. The fourth-order valence-corrected chi connectivity index (χ4v) is 1.54. The van der Waals surface area contributed by atoms with Gasteiger partial charge < -0.3 is 5.11 Å². The predicted octanol–water partition coefficient (Wildman–Crippen LogP) is 1.88. The summed E-state index contributed by atoms with van der Waals surface area (Å²) in [7, 11) is 0. The first-order valence-electron chi connectivity index (χ1n) is 4.29. The number of H-pyrrole nitrogens is 1. The van der Waals surface area contributed by atoms with E-state index in [1.165, 1.54) is 0 Å². The molecule has 0 unspecified atom stereocenters. The third kappa shape index (κ3) is 1.08. The maximum Gasteiger partial charge on any atom is 0.357 e. The van der Waals surface area contributed by atoms with Crippen LogP contribution in [-0.2, 0) is 0 Å². The van der Waals surface area contributed by atoms with Gasteiger partial charge in [-0.05, 0) is 31.0 Å². The molecule has 0 saturated heterocycles. The molecule has 2 N–H and O–H groups in total. The molecule has 0 aliphatic heterocycles. The third-order valence-electron chi connectivity index (χ3n) is 2.46. The summed E-state index contributed by atoms with van der Waals surface area (Å²) in [5.41, 5.74) is 2.90. The number of carbonyl (C=O) groups is 1. The van der Waals surface area contributed by atoms with Crippen molar-refractivity contribution >= 4 is 16.9 Å². The van der Waals surface area contributed by atoms with E-state index in [9.17, 15) is 4.79 Å². The Morgan fingerprint density at radius 2 is 2.14 bits per heavy atom. The molecule has 4 nitrogen and oxygen atoms in total. The van der Waals surface area contributed by atoms with Gasteiger partial charge in [0.1, 0.15) is 0 Å². The number of benzene rings is 1. The zero-order chi connectivity index (χ0) is 10.3. The van der Waals surface area contributed by atoms with Crippen LogP contribution in [0.5, 0.6) is 0 Å². The lowest BCUT2D eigenvalue weighted by atomic mass is 10.0. The second-order valence-electron chi connectivity index (χ2n) is 3.31. The number of rotatable bonds is 1. The largest absolute Gasteiger partial charge is 0.476 e. The van der Waals surface area contributed by atoms with Crippen LogP contribution in [0.25, 0.3) is 10.9 Å². The highest BCUT2D eigenvalue weighted by molar-refractivity contribution is 6.02. The van der Waals surface area contributed by atoms with Gasteiger partial charge in [-0.2, -0.15) is 5.10 Å². The van der Waals surface area contributed by atoms with Gasteiger partial charge in [0.15, 0.2) is 5.69 Å². The summed E-state index contributed by atoms with van der Waals surface area (Å²) in [6.45, 7) is 3.85. The summed E-state index contributed by atoms with van der Waals surface area (Å²) in [4.78, 5) is 10.9. The van der Waals surface area contributed by atoms with Gasteiger partial charge in [0.25, 0.3) is 0 Å². The number of hydrogen-bond donors (Lipinski definition) is 2. The molecule has 0 saturated carbocycles. The molecule has 14 heavy (non-hydrogen) atoms. The molecule has 0 radical (unpaired) electrons. The summed E-state index contributed by atoms with van der Waals surface area (Å²) in [6, 6.07) is 3.79. The molecule has 0 aliphatic carbocycles. The zero-order valence-corrected chi connectivity index (χ0v) is 7.96. The number of aromatic nitrogens is 2. The molecule has 1 aromatic heterocycles. The Bertz CT molecular complexity index is 514. The number of nitrogens with one attached hydrogen (secondary N) is 1. The number of carboxylic acids is 1. The first kappa shape index (κ1) is 8.74. The highest BCUT2D eigenvalue weighted by Crippen LogP contribution is 2.22. The molecular weight excluding hydrogens is 180 g/mol. The van der Waals surface area contributed by atoms with Gasteiger partial charge >= 0.3 is 5.97 Å². The van der Waals surface area contributed by atoms with E-state index in [0.717, 1.165) is 16.6 Å². The molecule has 1 aromatic carbocycles. The van der Waals surface area contributed by atoms with Crippen LogP contribution in [0, 0.1) is 13.8 Å². The van der Waals surface area contributed by atoms with E-state index in [0.29, 0.717) is 5.39 Å². The van der Waals surface area contributed by atoms with E-state index in [4.69, 9.17) is 5.11 Å². The first-order valence-corrected chi connectivity index (χ1v) is 4.29. The normalized spacial score (nSPS) is 10.7. The van der Waals surface area contributed by atoms with E-state index in [1.807, 2.05) is 26.0 Å². The number of aryl methyl sites for hydroxylation is 2. The van der Waals surface area contributed by atoms with Crippen LogP contribution in [0.2, 0.25) is 0 Å². The van der Waals surface area contributed by atoms with E-state index >= 15 is 0 Å². The molecular formula is C10H10N2O2. The number of carboxylic acid groups (broad SMARTS) is 1. The average Bonchev–Trinajstić information content (AvgIpc) is 2.55. The SMILES string of the molecule is Cc1ccc2[nH]nc(C(=O)O)c2c1C. The van der Waals surface area contributed by atoms with Crippen LogP contribution in [0.1, 0.15) is 21.6 Å². The summed E-state index contributed by atoms with van der Waals surface area (Å²) < 4.78 is 0. The van der Waals surface area contributed by atoms with Gasteiger partial charge in [0.05, 0.1) is 5.52 Å². The number of fused-ring (bicyclic) bond motifs is 1. The Morgan fingerprint density at radius 3 is 2.79 bits per heavy atom. The van der Waals surface area contributed by atoms with Crippen molar-refractivity contribution in [3.05, 3.63) is 29.0 Å². The lowest BCUT2D eigenvalue weighted by Gasteiger charge is -2.00. The monoisotopic (exact) mass is 190 g/mol. The van der Waals surface area contributed by atoms with Gasteiger partial charge in [0, 0.05) is 5.39 Å². The van der Waals surface area contributed by atoms with Crippen molar-refractivity contribution in [2.75, 3.05) is 0 Å². The Hall–Kier alpha value is -1.84. The number of aromatic carboxylic acids is 1. The summed E-state index contributed by atoms with van der Waals surface area (Å²) in [6.07, 6.45) is 0. The van der Waals surface area contributed by atoms with Crippen molar-refractivity contribution in [2.24, 2.45) is 0 Å². The molecule has 0 atom stereocenters. The van der Waals surface area contributed by atoms with E-state index in [2.05, 4.69) is 10.2 Å². The molecule has 1 heterocycles. The lowest BCUT2D eigenvalue weighted by molar-refractivity contribution is 0.0692. The molecule has 0 spiro atoms. The molecule has 72 valence electrons. The van der Waals surface area contributed by atoms with Crippen LogP contribution in [0.15, 0.2) is 12.1 Å². The first-order chi connectivity index (χ1) is 6.61. The topological polar surface area (TPSA) is 66.0 Å². The highest BCUT2D eigenvalue weighted by atomic mass is 16.4. The van der Waals surface area contributed by atoms with Crippen LogP contribution >= 0.6 is 0 Å². The Morgan fingerprint density at radius 1 is 1.43 bits per heavy atom. The fourth-order valence-electron chi connectivity index (χ4n) is 1.54. The quantitative estimate of drug-likeness (QED) is 0.721. The van der Waals surface area contributed by atoms with Crippen LogP contribution in [0.4, 0.5) is 0 Å². The number of aromatic amines is 1. The Balaban J connectivity index is 2.89. The van der Waals surface area contributed by atoms with Crippen LogP contribution in [0.3, 0.4) is 0 Å². The summed E-state index contributed by atoms with van der Waals surface area (Å²) in [5, 5.41) is 16.1. The molecule has 0 amide bonds. The molecule has 4 heteroatoms. The molecule has 2 rings (SSSR count). The second-order valence-corrected chi connectivity index (χ2v) is 3.31. The van der Waals surface area contributed by atoms with Crippen molar-refractivity contribution in [3.8, 4) is 0 Å². The average molecular weight is 190 g/mol. The fraction of sp³-hybridized carbons (Fsp3) is 0.200. The second kappa shape index (κ2) is 2.83. The van der Waals surface area contributed by atoms with Gasteiger partial charge in [-0.3, -0.25) is 5.10 Å². The summed E-state index contributed by atoms with van der Waals surface area (Å²) in [5.74, 6) is -0.995. The minimum absolute atomic E-state index is 0.0983. The summed E-state index contributed by atoms with van der Waals surface area (Å²) >= 11 is 0. The van der Waals surface area contributed by atoms with E-state index in [-0.39, 0.29) is 5.69 Å². The van der Waals surface area contributed by atoms with E-state index < -0.39 is 5.97 Å². The minimum atomic E-state index is -0.995. The maximum atomic E-state index is 10.9. The molecule has 0 fully saturated rings. The molecule has 0 bridgehead atoms. The van der Waals surface area contributed by atoms with Crippen LogP contribution < -0.4 is 0 Å². The van der Waals surface area contributed by atoms with Crippen molar-refractivity contribution in [2.45, 2.75) is 13.8 Å². The van der Waals surface area contributed by atoms with Gasteiger partial charge in [-0.1, -0.05) is 6.07 Å². The Labute approximate surface area is 80.6 Å². The van der Waals surface area contributed by atoms with Crippen molar-refractivity contribution in [1.82, 2.24) is 10.2 Å². The smallest absolute Gasteiger partial charge is 0.357 e. The van der Waals surface area contributed by atoms with Gasteiger partial charge in [0.2, 0.25) is 0 Å². The standard InChI is InChI=1S/C10H10N2O2/c1-5-3-4-7-8(6(5)2)9(10(13)14)12-11-7/h3-4H,1-2H3,(H,11,12)(H,13,14). The predicted molar refractivity (Wildman–Crippen MR) is 52.5 cm³/mol. The van der Waals surface area contributed by atoms with Crippen molar-refractivity contribution < 1.29 is 9.90 Å². The van der Waals surface area contributed by atoms with Crippen molar-refractivity contribution in [1.29, 1.82) is 0 Å².